The molecule has 5 heteroatoms. The van der Waals surface area contributed by atoms with Gasteiger partial charge in [0.2, 0.25) is 5.91 Å². The fourth-order valence-electron chi connectivity index (χ4n) is 1.79. The summed E-state index contributed by atoms with van der Waals surface area (Å²) in [5.74, 6) is 0.0188. The molecule has 1 heterocycles. The molecule has 1 rings (SSSR count). The van der Waals surface area contributed by atoms with E-state index in [1.54, 1.807) is 10.9 Å². The molecule has 102 valence electrons. The van der Waals surface area contributed by atoms with E-state index in [4.69, 9.17) is 0 Å². The lowest BCUT2D eigenvalue weighted by atomic mass is 10.3. The number of aryl methyl sites for hydroxylation is 1. The Kier molecular flexibility index (Phi) is 5.85. The Morgan fingerprint density at radius 1 is 1.50 bits per heavy atom. The fourth-order valence-corrected chi connectivity index (χ4v) is 1.79. The predicted octanol–water partition coefficient (Wildman–Crippen LogP) is 1.21. The van der Waals surface area contributed by atoms with Gasteiger partial charge >= 0.3 is 0 Å². The molecule has 1 aromatic heterocycles. The summed E-state index contributed by atoms with van der Waals surface area (Å²) in [6.07, 6.45) is 3.65. The van der Waals surface area contributed by atoms with Crippen LogP contribution in [0.3, 0.4) is 0 Å². The molecule has 0 saturated heterocycles. The molecular weight excluding hydrogens is 228 g/mol. The lowest BCUT2D eigenvalue weighted by Crippen LogP contribution is -2.37. The van der Waals surface area contributed by atoms with E-state index in [1.165, 1.54) is 0 Å². The Labute approximate surface area is 109 Å². The maximum atomic E-state index is 11.9. The standard InChI is InChI=1S/C13H24N4O/c1-5-16(6-2)8-7-14-13(18)12(4)17-10-11(3)9-15-17/h9-10,12H,5-8H2,1-4H3,(H,14,18). The summed E-state index contributed by atoms with van der Waals surface area (Å²) in [4.78, 5) is 14.2. The van der Waals surface area contributed by atoms with Crippen LogP contribution in [0, 0.1) is 6.92 Å². The second-order valence-electron chi connectivity index (χ2n) is 4.49. The topological polar surface area (TPSA) is 50.2 Å². The van der Waals surface area contributed by atoms with Crippen LogP contribution >= 0.6 is 0 Å². The summed E-state index contributed by atoms with van der Waals surface area (Å²) in [6, 6.07) is -0.254. The summed E-state index contributed by atoms with van der Waals surface area (Å²) in [5, 5.41) is 7.11. The SMILES string of the molecule is CCN(CC)CCNC(=O)C(C)n1cc(C)cn1. The molecule has 0 aliphatic carbocycles. The number of nitrogens with zero attached hydrogens (tertiary/aromatic N) is 3. The predicted molar refractivity (Wildman–Crippen MR) is 72.5 cm³/mol. The third-order valence-corrected chi connectivity index (χ3v) is 3.13. The summed E-state index contributed by atoms with van der Waals surface area (Å²) in [5.41, 5.74) is 1.07. The molecule has 1 amide bonds. The number of carbonyl (C=O) groups excluding carboxylic acids is 1. The van der Waals surface area contributed by atoms with Gasteiger partial charge in [-0.15, -0.1) is 0 Å². The van der Waals surface area contributed by atoms with Crippen LogP contribution < -0.4 is 5.32 Å². The number of hydrogen-bond donors (Lipinski definition) is 1. The molecule has 1 unspecified atom stereocenters. The second-order valence-corrected chi connectivity index (χ2v) is 4.49. The zero-order chi connectivity index (χ0) is 13.5. The summed E-state index contributed by atoms with van der Waals surface area (Å²) in [7, 11) is 0. The molecule has 5 nitrogen and oxygen atoms in total. The molecule has 0 fully saturated rings. The van der Waals surface area contributed by atoms with Crippen molar-refractivity contribution < 1.29 is 4.79 Å². The first-order chi connectivity index (χ1) is 8.58. The van der Waals surface area contributed by atoms with Gasteiger partial charge in [0, 0.05) is 19.3 Å². The third kappa shape index (κ3) is 4.14. The van der Waals surface area contributed by atoms with Gasteiger partial charge in [-0.2, -0.15) is 5.10 Å². The molecule has 1 atom stereocenters. The third-order valence-electron chi connectivity index (χ3n) is 3.13. The molecule has 0 aliphatic heterocycles. The van der Waals surface area contributed by atoms with Gasteiger partial charge in [-0.3, -0.25) is 9.48 Å². The van der Waals surface area contributed by atoms with E-state index in [0.717, 1.165) is 25.2 Å². The Morgan fingerprint density at radius 2 is 2.17 bits per heavy atom. The number of aromatic nitrogens is 2. The Balaban J connectivity index is 2.36. The molecule has 0 saturated carbocycles. The molecule has 0 aromatic carbocycles. The van der Waals surface area contributed by atoms with Gasteiger partial charge in [0.05, 0.1) is 6.20 Å². The highest BCUT2D eigenvalue weighted by atomic mass is 16.2. The van der Waals surface area contributed by atoms with Crippen molar-refractivity contribution in [2.24, 2.45) is 0 Å². The molecule has 0 spiro atoms. The van der Waals surface area contributed by atoms with Crippen molar-refractivity contribution in [1.29, 1.82) is 0 Å². The molecule has 0 radical (unpaired) electrons. The van der Waals surface area contributed by atoms with E-state index < -0.39 is 0 Å². The van der Waals surface area contributed by atoms with Crippen LogP contribution in [0.15, 0.2) is 12.4 Å². The number of hydrogen-bond acceptors (Lipinski definition) is 3. The van der Waals surface area contributed by atoms with Crippen LogP contribution in [0.5, 0.6) is 0 Å². The minimum atomic E-state index is -0.254. The van der Waals surface area contributed by atoms with Crippen molar-refractivity contribution in [3.63, 3.8) is 0 Å². The Hall–Kier alpha value is -1.36. The van der Waals surface area contributed by atoms with Crippen molar-refractivity contribution in [3.8, 4) is 0 Å². The van der Waals surface area contributed by atoms with E-state index in [1.807, 2.05) is 20.0 Å². The minimum absolute atomic E-state index is 0.0188. The van der Waals surface area contributed by atoms with Crippen molar-refractivity contribution >= 4 is 5.91 Å². The largest absolute Gasteiger partial charge is 0.353 e. The quantitative estimate of drug-likeness (QED) is 0.793. The summed E-state index contributed by atoms with van der Waals surface area (Å²) < 4.78 is 1.70. The minimum Gasteiger partial charge on any atom is -0.353 e. The second kappa shape index (κ2) is 7.16. The summed E-state index contributed by atoms with van der Waals surface area (Å²) >= 11 is 0. The van der Waals surface area contributed by atoms with Crippen LogP contribution in [0.1, 0.15) is 32.4 Å². The van der Waals surface area contributed by atoms with Crippen LogP contribution in [0.4, 0.5) is 0 Å². The van der Waals surface area contributed by atoms with Gasteiger partial charge in [0.25, 0.3) is 0 Å². The highest BCUT2D eigenvalue weighted by Crippen LogP contribution is 2.05. The zero-order valence-corrected chi connectivity index (χ0v) is 11.8. The van der Waals surface area contributed by atoms with Gasteiger partial charge in [-0.25, -0.2) is 0 Å². The van der Waals surface area contributed by atoms with Gasteiger partial charge in [0.15, 0.2) is 0 Å². The zero-order valence-electron chi connectivity index (χ0n) is 11.8. The summed E-state index contributed by atoms with van der Waals surface area (Å²) in [6.45, 7) is 11.7. The molecule has 1 N–H and O–H groups in total. The van der Waals surface area contributed by atoms with Crippen molar-refractivity contribution in [3.05, 3.63) is 18.0 Å². The Morgan fingerprint density at radius 3 is 2.67 bits per heavy atom. The molecule has 0 bridgehead atoms. The average molecular weight is 252 g/mol. The first kappa shape index (κ1) is 14.7. The number of nitrogens with one attached hydrogen (secondary N) is 1. The van der Waals surface area contributed by atoms with Crippen LogP contribution in [-0.2, 0) is 4.79 Å². The lowest BCUT2D eigenvalue weighted by Gasteiger charge is -2.19. The maximum Gasteiger partial charge on any atom is 0.244 e. The van der Waals surface area contributed by atoms with Gasteiger partial charge in [-0.1, -0.05) is 13.8 Å². The molecule has 18 heavy (non-hydrogen) atoms. The lowest BCUT2D eigenvalue weighted by molar-refractivity contribution is -0.124. The van der Waals surface area contributed by atoms with E-state index in [-0.39, 0.29) is 11.9 Å². The van der Waals surface area contributed by atoms with Crippen LogP contribution in [0.2, 0.25) is 0 Å². The highest BCUT2D eigenvalue weighted by Gasteiger charge is 2.14. The van der Waals surface area contributed by atoms with E-state index in [9.17, 15) is 4.79 Å². The molecule has 0 aliphatic rings. The molecule has 1 aromatic rings. The number of rotatable bonds is 7. The highest BCUT2D eigenvalue weighted by molar-refractivity contribution is 5.79. The smallest absolute Gasteiger partial charge is 0.244 e. The monoisotopic (exact) mass is 252 g/mol. The average Bonchev–Trinajstić information content (AvgIpc) is 2.80. The first-order valence-corrected chi connectivity index (χ1v) is 6.59. The van der Waals surface area contributed by atoms with Crippen molar-refractivity contribution in [2.45, 2.75) is 33.7 Å². The maximum absolute atomic E-state index is 11.9. The normalized spacial score (nSPS) is 12.7. The van der Waals surface area contributed by atoms with Gasteiger partial charge < -0.3 is 10.2 Å². The van der Waals surface area contributed by atoms with Crippen molar-refractivity contribution in [2.75, 3.05) is 26.2 Å². The van der Waals surface area contributed by atoms with Crippen LogP contribution in [-0.4, -0.2) is 46.8 Å². The van der Waals surface area contributed by atoms with Crippen LogP contribution in [0.25, 0.3) is 0 Å². The van der Waals surface area contributed by atoms with Crippen molar-refractivity contribution in [1.82, 2.24) is 20.0 Å². The van der Waals surface area contributed by atoms with E-state index in [2.05, 4.69) is 29.2 Å². The number of carbonyl (C=O) groups is 1. The van der Waals surface area contributed by atoms with E-state index in [0.29, 0.717) is 6.54 Å². The van der Waals surface area contributed by atoms with Gasteiger partial charge in [-0.05, 0) is 32.5 Å². The van der Waals surface area contributed by atoms with E-state index >= 15 is 0 Å². The first-order valence-electron chi connectivity index (χ1n) is 6.59. The number of amides is 1. The fraction of sp³-hybridized carbons (Fsp3) is 0.692. The number of likely N-dealkylation sites (N-methyl/N-ethyl adjacent to an activating group) is 1. The van der Waals surface area contributed by atoms with Gasteiger partial charge in [0.1, 0.15) is 6.04 Å². The Bertz CT molecular complexity index is 371. The molecular formula is C13H24N4O.